The van der Waals surface area contributed by atoms with Crippen LogP contribution in [-0.2, 0) is 4.79 Å². The molecule has 0 spiro atoms. The van der Waals surface area contributed by atoms with Crippen LogP contribution in [0.5, 0.6) is 0 Å². The summed E-state index contributed by atoms with van der Waals surface area (Å²) in [5, 5.41) is 11.3. The Labute approximate surface area is 122 Å². The van der Waals surface area contributed by atoms with Crippen LogP contribution in [0, 0.1) is 0 Å². The van der Waals surface area contributed by atoms with Crippen LogP contribution < -0.4 is 5.32 Å². The molecule has 0 aromatic carbocycles. The monoisotopic (exact) mass is 238 g/mol. The molecule has 1 radical (unpaired) electrons. The maximum atomic E-state index is 10.2. The zero-order valence-corrected chi connectivity index (χ0v) is 12.9. The van der Waals surface area contributed by atoms with Crippen LogP contribution in [0.2, 0.25) is 0 Å². The van der Waals surface area contributed by atoms with E-state index in [1.54, 1.807) is 0 Å². The van der Waals surface area contributed by atoms with Crippen molar-refractivity contribution in [2.24, 2.45) is 0 Å². The molecule has 0 fully saturated rings. The van der Waals surface area contributed by atoms with Crippen LogP contribution in [0.3, 0.4) is 0 Å². The molecule has 91 valence electrons. The second-order valence-electron chi connectivity index (χ2n) is 4.05. The molecule has 0 aliphatic carbocycles. The van der Waals surface area contributed by atoms with E-state index < -0.39 is 5.97 Å². The Hall–Kier alpha value is 0.430. The number of hydrogen-bond donors (Lipinski definition) is 2. The molecule has 0 bridgehead atoms. The molecule has 0 aliphatic rings. The van der Waals surface area contributed by atoms with E-state index in [1.165, 1.54) is 44.9 Å². The van der Waals surface area contributed by atoms with Crippen LogP contribution in [0.4, 0.5) is 0 Å². The molecule has 0 atom stereocenters. The van der Waals surface area contributed by atoms with E-state index in [2.05, 4.69) is 12.2 Å². The number of carbonyl (C=O) groups is 1. The summed E-state index contributed by atoms with van der Waals surface area (Å²) in [5.74, 6) is -0.769. The SMILES string of the molecule is CCCCCCCCCCNCC(=O)O.[Na]. The number of hydrogen-bond acceptors (Lipinski definition) is 2. The molecule has 0 saturated heterocycles. The van der Waals surface area contributed by atoms with Crippen molar-refractivity contribution < 1.29 is 9.90 Å². The molecule has 0 unspecified atom stereocenters. The third-order valence-corrected chi connectivity index (χ3v) is 2.48. The molecule has 3 nitrogen and oxygen atoms in total. The Bertz CT molecular complexity index is 154. The van der Waals surface area contributed by atoms with Gasteiger partial charge in [-0.25, -0.2) is 0 Å². The molecule has 0 rings (SSSR count). The third-order valence-electron chi connectivity index (χ3n) is 2.48. The van der Waals surface area contributed by atoms with Gasteiger partial charge in [0.15, 0.2) is 0 Å². The van der Waals surface area contributed by atoms with Crippen molar-refractivity contribution in [3.63, 3.8) is 0 Å². The first-order chi connectivity index (χ1) is 7.27. The quantitative estimate of drug-likeness (QED) is 0.429. The second-order valence-corrected chi connectivity index (χ2v) is 4.05. The summed E-state index contributed by atoms with van der Waals surface area (Å²) in [5.41, 5.74) is 0. The van der Waals surface area contributed by atoms with E-state index in [4.69, 9.17) is 5.11 Å². The van der Waals surface area contributed by atoms with Gasteiger partial charge in [-0.2, -0.15) is 0 Å². The number of aliphatic carboxylic acids is 1. The Morgan fingerprint density at radius 1 is 1.00 bits per heavy atom. The number of carboxylic acid groups (broad SMARTS) is 1. The van der Waals surface area contributed by atoms with Crippen LogP contribution in [0.25, 0.3) is 0 Å². The summed E-state index contributed by atoms with van der Waals surface area (Å²) in [6, 6.07) is 0. The van der Waals surface area contributed by atoms with Crippen LogP contribution in [0.15, 0.2) is 0 Å². The van der Waals surface area contributed by atoms with Crippen molar-refractivity contribution >= 4 is 35.5 Å². The van der Waals surface area contributed by atoms with E-state index in [0.29, 0.717) is 0 Å². The van der Waals surface area contributed by atoms with Crippen molar-refractivity contribution in [2.45, 2.75) is 58.3 Å². The van der Waals surface area contributed by atoms with E-state index >= 15 is 0 Å². The molecule has 0 amide bonds. The first kappa shape index (κ1) is 18.8. The van der Waals surface area contributed by atoms with Crippen molar-refractivity contribution in [3.05, 3.63) is 0 Å². The van der Waals surface area contributed by atoms with Gasteiger partial charge in [0.2, 0.25) is 0 Å². The zero-order chi connectivity index (χ0) is 11.4. The molecule has 4 heteroatoms. The first-order valence-corrected chi connectivity index (χ1v) is 6.20. The summed E-state index contributed by atoms with van der Waals surface area (Å²) < 4.78 is 0. The molecule has 0 aromatic heterocycles. The predicted molar refractivity (Wildman–Crippen MR) is 68.9 cm³/mol. The normalized spacial score (nSPS) is 9.81. The number of rotatable bonds is 11. The van der Waals surface area contributed by atoms with Crippen molar-refractivity contribution in [1.82, 2.24) is 5.32 Å². The van der Waals surface area contributed by atoms with Crippen LogP contribution >= 0.6 is 0 Å². The van der Waals surface area contributed by atoms with Gasteiger partial charge in [0.1, 0.15) is 0 Å². The molecule has 0 aliphatic heterocycles. The van der Waals surface area contributed by atoms with Gasteiger partial charge < -0.3 is 10.4 Å². The fraction of sp³-hybridized carbons (Fsp3) is 0.917. The van der Waals surface area contributed by atoms with Gasteiger partial charge in [-0.05, 0) is 13.0 Å². The van der Waals surface area contributed by atoms with Gasteiger partial charge in [0.25, 0.3) is 0 Å². The minimum atomic E-state index is -0.769. The van der Waals surface area contributed by atoms with Gasteiger partial charge in [-0.1, -0.05) is 51.9 Å². The topological polar surface area (TPSA) is 49.3 Å². The Morgan fingerprint density at radius 2 is 1.50 bits per heavy atom. The molecule has 0 aromatic rings. The molecule has 16 heavy (non-hydrogen) atoms. The first-order valence-electron chi connectivity index (χ1n) is 6.20. The molecule has 0 saturated carbocycles. The number of carboxylic acids is 1. The third kappa shape index (κ3) is 16.8. The summed E-state index contributed by atoms with van der Waals surface area (Å²) in [4.78, 5) is 10.2. The molecular weight excluding hydrogens is 213 g/mol. The van der Waals surface area contributed by atoms with Crippen molar-refractivity contribution in [3.8, 4) is 0 Å². The average molecular weight is 238 g/mol. The van der Waals surface area contributed by atoms with Gasteiger partial charge >= 0.3 is 5.97 Å². The summed E-state index contributed by atoms with van der Waals surface area (Å²) >= 11 is 0. The average Bonchev–Trinajstić information content (AvgIpc) is 2.20. The smallest absolute Gasteiger partial charge is 0.317 e. The largest absolute Gasteiger partial charge is 0.480 e. The Kier molecular flexibility index (Phi) is 18.1. The Balaban J connectivity index is 0. The summed E-state index contributed by atoms with van der Waals surface area (Å²) in [6.07, 6.45) is 10.3. The van der Waals surface area contributed by atoms with E-state index in [-0.39, 0.29) is 36.1 Å². The standard InChI is InChI=1S/C12H25NO2.Na/c1-2-3-4-5-6-7-8-9-10-13-11-12(14)15;/h13H,2-11H2,1H3,(H,14,15);. The van der Waals surface area contributed by atoms with E-state index in [0.717, 1.165) is 13.0 Å². The number of nitrogens with one attached hydrogen (secondary N) is 1. The maximum absolute atomic E-state index is 10.2. The van der Waals surface area contributed by atoms with Crippen LogP contribution in [0.1, 0.15) is 58.3 Å². The van der Waals surface area contributed by atoms with Crippen LogP contribution in [-0.4, -0.2) is 53.7 Å². The maximum Gasteiger partial charge on any atom is 0.317 e. The fourth-order valence-corrected chi connectivity index (χ4v) is 1.58. The van der Waals surface area contributed by atoms with Gasteiger partial charge in [0, 0.05) is 29.6 Å². The van der Waals surface area contributed by atoms with Crippen molar-refractivity contribution in [2.75, 3.05) is 13.1 Å². The summed E-state index contributed by atoms with van der Waals surface area (Å²) in [7, 11) is 0. The second kappa shape index (κ2) is 15.4. The minimum Gasteiger partial charge on any atom is -0.480 e. The molecular formula is C12H25NNaO2. The number of unbranched alkanes of at least 4 members (excludes halogenated alkanes) is 7. The predicted octanol–water partition coefficient (Wildman–Crippen LogP) is 2.42. The molecule has 0 heterocycles. The Morgan fingerprint density at radius 3 is 2.00 bits per heavy atom. The van der Waals surface area contributed by atoms with Gasteiger partial charge in [-0.3, -0.25) is 4.79 Å². The van der Waals surface area contributed by atoms with Gasteiger partial charge in [0.05, 0.1) is 6.54 Å². The van der Waals surface area contributed by atoms with Gasteiger partial charge in [-0.15, -0.1) is 0 Å². The fourth-order valence-electron chi connectivity index (χ4n) is 1.58. The van der Waals surface area contributed by atoms with E-state index in [1.807, 2.05) is 0 Å². The zero-order valence-electron chi connectivity index (χ0n) is 10.9. The molecule has 2 N–H and O–H groups in total. The van der Waals surface area contributed by atoms with E-state index in [9.17, 15) is 4.79 Å². The summed E-state index contributed by atoms with van der Waals surface area (Å²) in [6.45, 7) is 3.16. The van der Waals surface area contributed by atoms with Crippen molar-refractivity contribution in [1.29, 1.82) is 0 Å². The minimum absolute atomic E-state index is 0.